The first-order valence-electron chi connectivity index (χ1n) is 3.93. The molecule has 1 atom stereocenters. The van der Waals surface area contributed by atoms with E-state index in [1.165, 1.54) is 12.1 Å². The molecule has 0 bridgehead atoms. The summed E-state index contributed by atoms with van der Waals surface area (Å²) in [4.78, 5) is 0. The molecule has 0 aliphatic carbocycles. The first kappa shape index (κ1) is 10.4. The second kappa shape index (κ2) is 4.53. The molecule has 1 rings (SSSR count). The van der Waals surface area contributed by atoms with Crippen molar-refractivity contribution in [3.8, 4) is 0 Å². The number of nitrogens with one attached hydrogen (secondary N) is 1. The van der Waals surface area contributed by atoms with Gasteiger partial charge < -0.3 is 5.32 Å². The van der Waals surface area contributed by atoms with Crippen molar-refractivity contribution in [1.29, 1.82) is 0 Å². The van der Waals surface area contributed by atoms with E-state index in [1.807, 2.05) is 13.1 Å². The van der Waals surface area contributed by atoms with Crippen LogP contribution in [0.3, 0.4) is 0 Å². The van der Waals surface area contributed by atoms with Crippen LogP contribution in [0.1, 0.15) is 11.6 Å². The predicted molar refractivity (Wildman–Crippen MR) is 56.1 cm³/mol. The van der Waals surface area contributed by atoms with Gasteiger partial charge in [-0.15, -0.1) is 6.58 Å². The van der Waals surface area contributed by atoms with Gasteiger partial charge in [0.2, 0.25) is 0 Å². The van der Waals surface area contributed by atoms with Crippen LogP contribution in [0.25, 0.3) is 0 Å². The fraction of sp³-hybridized carbons (Fsp3) is 0.200. The molecule has 0 aliphatic rings. The normalized spacial score (nSPS) is 12.5. The van der Waals surface area contributed by atoms with Gasteiger partial charge in [-0.2, -0.15) is 0 Å². The van der Waals surface area contributed by atoms with E-state index in [0.717, 1.165) is 10.0 Å². The monoisotopic (exact) mass is 243 g/mol. The van der Waals surface area contributed by atoms with Gasteiger partial charge >= 0.3 is 0 Å². The van der Waals surface area contributed by atoms with Crippen molar-refractivity contribution in [1.82, 2.24) is 5.32 Å². The minimum Gasteiger partial charge on any atom is -0.310 e. The van der Waals surface area contributed by atoms with Crippen molar-refractivity contribution in [3.63, 3.8) is 0 Å². The van der Waals surface area contributed by atoms with Crippen LogP contribution in [0.5, 0.6) is 0 Å². The molecule has 0 spiro atoms. The molecule has 1 nitrogen and oxygen atoms in total. The van der Waals surface area contributed by atoms with E-state index in [-0.39, 0.29) is 11.9 Å². The molecule has 0 amide bonds. The van der Waals surface area contributed by atoms with Gasteiger partial charge in [0.05, 0.1) is 6.04 Å². The van der Waals surface area contributed by atoms with Gasteiger partial charge in [0, 0.05) is 4.47 Å². The summed E-state index contributed by atoms with van der Waals surface area (Å²) >= 11 is 3.24. The Kier molecular flexibility index (Phi) is 3.63. The molecule has 0 fully saturated rings. The Morgan fingerprint density at radius 1 is 1.54 bits per heavy atom. The largest absolute Gasteiger partial charge is 0.310 e. The summed E-state index contributed by atoms with van der Waals surface area (Å²) in [5, 5.41) is 3.02. The third kappa shape index (κ3) is 2.64. The molecule has 3 heteroatoms. The van der Waals surface area contributed by atoms with Gasteiger partial charge in [-0.3, -0.25) is 0 Å². The van der Waals surface area contributed by atoms with Crippen LogP contribution >= 0.6 is 15.9 Å². The minimum absolute atomic E-state index is 0.00741. The molecule has 0 saturated carbocycles. The molecular weight excluding hydrogens is 233 g/mol. The summed E-state index contributed by atoms with van der Waals surface area (Å²) in [6.07, 6.45) is 1.74. The van der Waals surface area contributed by atoms with E-state index in [2.05, 4.69) is 27.8 Å². The third-order valence-corrected chi connectivity index (χ3v) is 2.25. The lowest BCUT2D eigenvalue weighted by Crippen LogP contribution is -2.13. The zero-order valence-electron chi connectivity index (χ0n) is 7.35. The number of hydrogen-bond acceptors (Lipinski definition) is 1. The van der Waals surface area contributed by atoms with E-state index in [4.69, 9.17) is 0 Å². The molecule has 1 unspecified atom stereocenters. The maximum Gasteiger partial charge on any atom is 0.124 e. The van der Waals surface area contributed by atoms with Gasteiger partial charge in [-0.25, -0.2) is 4.39 Å². The first-order valence-corrected chi connectivity index (χ1v) is 4.72. The second-order valence-corrected chi connectivity index (χ2v) is 3.62. The first-order chi connectivity index (χ1) is 6.17. The van der Waals surface area contributed by atoms with Crippen LogP contribution in [0.15, 0.2) is 35.3 Å². The van der Waals surface area contributed by atoms with Gasteiger partial charge in [-0.1, -0.05) is 22.0 Å². The fourth-order valence-corrected chi connectivity index (χ4v) is 1.66. The molecular formula is C10H11BrFN. The third-order valence-electron chi connectivity index (χ3n) is 1.79. The Hall–Kier alpha value is -0.670. The van der Waals surface area contributed by atoms with Crippen LogP contribution in [0, 0.1) is 5.82 Å². The van der Waals surface area contributed by atoms with Crippen molar-refractivity contribution in [2.75, 3.05) is 7.05 Å². The number of benzene rings is 1. The Labute approximate surface area is 85.8 Å². The zero-order chi connectivity index (χ0) is 9.84. The topological polar surface area (TPSA) is 12.0 Å². The fourth-order valence-electron chi connectivity index (χ4n) is 1.18. The highest BCUT2D eigenvalue weighted by Gasteiger charge is 2.06. The second-order valence-electron chi connectivity index (χ2n) is 2.70. The Morgan fingerprint density at radius 3 is 2.69 bits per heavy atom. The van der Waals surface area contributed by atoms with Crippen LogP contribution in [0.2, 0.25) is 0 Å². The summed E-state index contributed by atoms with van der Waals surface area (Å²) in [5.41, 5.74) is 0.865. The highest BCUT2D eigenvalue weighted by molar-refractivity contribution is 9.10. The van der Waals surface area contributed by atoms with Crippen molar-refractivity contribution in [2.24, 2.45) is 0 Å². The molecule has 0 aliphatic heterocycles. The minimum atomic E-state index is -0.244. The molecule has 70 valence electrons. The molecule has 0 heterocycles. The van der Waals surface area contributed by atoms with Crippen molar-refractivity contribution in [3.05, 3.63) is 46.7 Å². The average molecular weight is 244 g/mol. The number of likely N-dealkylation sites (N-methyl/N-ethyl adjacent to an activating group) is 1. The summed E-state index contributed by atoms with van der Waals surface area (Å²) in [5.74, 6) is -0.244. The molecule has 0 aromatic heterocycles. The number of rotatable bonds is 3. The van der Waals surface area contributed by atoms with Crippen molar-refractivity contribution >= 4 is 15.9 Å². The van der Waals surface area contributed by atoms with Crippen molar-refractivity contribution in [2.45, 2.75) is 6.04 Å². The van der Waals surface area contributed by atoms with E-state index < -0.39 is 0 Å². The van der Waals surface area contributed by atoms with Gasteiger partial charge in [0.25, 0.3) is 0 Å². The van der Waals surface area contributed by atoms with Crippen LogP contribution < -0.4 is 5.32 Å². The van der Waals surface area contributed by atoms with Crippen LogP contribution in [0.4, 0.5) is 4.39 Å². The average Bonchev–Trinajstić information content (AvgIpc) is 2.04. The maximum atomic E-state index is 13.0. The highest BCUT2D eigenvalue weighted by atomic mass is 79.9. The Balaban J connectivity index is 3.05. The van der Waals surface area contributed by atoms with Crippen molar-refractivity contribution < 1.29 is 4.39 Å². The molecule has 1 aromatic carbocycles. The van der Waals surface area contributed by atoms with E-state index in [1.54, 1.807) is 6.08 Å². The van der Waals surface area contributed by atoms with E-state index in [0.29, 0.717) is 0 Å². The van der Waals surface area contributed by atoms with E-state index in [9.17, 15) is 4.39 Å². The van der Waals surface area contributed by atoms with Crippen LogP contribution in [-0.2, 0) is 0 Å². The van der Waals surface area contributed by atoms with Gasteiger partial charge in [0.15, 0.2) is 0 Å². The molecule has 0 saturated heterocycles. The lowest BCUT2D eigenvalue weighted by Gasteiger charge is -2.11. The van der Waals surface area contributed by atoms with Crippen LogP contribution in [-0.4, -0.2) is 7.05 Å². The molecule has 1 N–H and O–H groups in total. The quantitative estimate of drug-likeness (QED) is 0.806. The molecule has 0 radical (unpaired) electrons. The summed E-state index contributed by atoms with van der Waals surface area (Å²) in [7, 11) is 1.81. The lowest BCUT2D eigenvalue weighted by atomic mass is 10.1. The molecule has 1 aromatic rings. The highest BCUT2D eigenvalue weighted by Crippen LogP contribution is 2.20. The summed E-state index contributed by atoms with van der Waals surface area (Å²) < 4.78 is 13.7. The van der Waals surface area contributed by atoms with Gasteiger partial charge in [-0.05, 0) is 30.8 Å². The Morgan fingerprint density at radius 2 is 2.23 bits per heavy atom. The lowest BCUT2D eigenvalue weighted by molar-refractivity contribution is 0.618. The number of halogens is 2. The van der Waals surface area contributed by atoms with E-state index >= 15 is 0 Å². The Bertz CT molecular complexity index is 292. The SMILES string of the molecule is C=CC(NC)c1cc(F)cc(Br)c1. The maximum absolute atomic E-state index is 13.0. The summed E-state index contributed by atoms with van der Waals surface area (Å²) in [6, 6.07) is 4.78. The standard InChI is InChI=1S/C10H11BrFN/c1-3-10(13-2)7-4-8(11)6-9(12)5-7/h3-6,10,13H,1H2,2H3. The predicted octanol–water partition coefficient (Wildman–Crippen LogP) is 3.03. The molecule has 13 heavy (non-hydrogen) atoms. The summed E-state index contributed by atoms with van der Waals surface area (Å²) in [6.45, 7) is 3.67. The smallest absolute Gasteiger partial charge is 0.124 e. The number of hydrogen-bond donors (Lipinski definition) is 1. The zero-order valence-corrected chi connectivity index (χ0v) is 8.94. The van der Waals surface area contributed by atoms with Gasteiger partial charge in [0.1, 0.15) is 5.82 Å².